The summed E-state index contributed by atoms with van der Waals surface area (Å²) in [5.41, 5.74) is 0.176. The van der Waals surface area contributed by atoms with E-state index in [0.717, 1.165) is 12.4 Å². The molecule has 0 saturated carbocycles. The number of hydrogen-bond acceptors (Lipinski definition) is 6. The zero-order chi connectivity index (χ0) is 31.8. The lowest BCUT2D eigenvalue weighted by molar-refractivity contribution is -0.140. The number of piperidine rings is 1. The molecular formula is C28H31F3N8O5. The second-order valence-corrected chi connectivity index (χ2v) is 10.8. The van der Waals surface area contributed by atoms with Crippen LogP contribution in [0.15, 0.2) is 30.6 Å². The van der Waals surface area contributed by atoms with Crippen molar-refractivity contribution < 1.29 is 37.5 Å². The lowest BCUT2D eigenvalue weighted by Gasteiger charge is -2.38. The third-order valence-electron chi connectivity index (χ3n) is 8.10. The van der Waals surface area contributed by atoms with Crippen molar-refractivity contribution in [2.24, 2.45) is 13.0 Å². The maximum absolute atomic E-state index is 13.3. The number of aromatic amines is 1. The number of likely N-dealkylation sites (tertiary alicyclic amines) is 1. The van der Waals surface area contributed by atoms with Gasteiger partial charge in [0.05, 0.1) is 23.7 Å². The highest BCUT2D eigenvalue weighted by molar-refractivity contribution is 6.03. The molecule has 4 heterocycles. The van der Waals surface area contributed by atoms with Crippen molar-refractivity contribution in [3.8, 4) is 11.3 Å². The van der Waals surface area contributed by atoms with Crippen LogP contribution in [0.2, 0.25) is 0 Å². The number of benzene rings is 1. The number of piperazine rings is 1. The van der Waals surface area contributed by atoms with Crippen LogP contribution in [0.1, 0.15) is 45.1 Å². The molecule has 0 bridgehead atoms. The van der Waals surface area contributed by atoms with Crippen LogP contribution in [-0.2, 0) is 18.0 Å². The van der Waals surface area contributed by atoms with Crippen molar-refractivity contribution in [1.29, 1.82) is 0 Å². The molecule has 5 rings (SSSR count). The minimum atomic E-state index is -4.66. The number of carbonyl (C=O) groups excluding carboxylic acids is 3. The van der Waals surface area contributed by atoms with E-state index in [1.807, 2.05) is 5.10 Å². The number of rotatable bonds is 5. The number of anilines is 1. The van der Waals surface area contributed by atoms with E-state index in [4.69, 9.17) is 5.11 Å². The molecule has 44 heavy (non-hydrogen) atoms. The normalized spacial score (nSPS) is 16.2. The molecule has 0 radical (unpaired) electrons. The second-order valence-electron chi connectivity index (χ2n) is 10.8. The van der Waals surface area contributed by atoms with Crippen LogP contribution >= 0.6 is 0 Å². The van der Waals surface area contributed by atoms with Crippen LogP contribution in [0.3, 0.4) is 0 Å². The zero-order valence-corrected chi connectivity index (χ0v) is 24.0. The predicted octanol–water partition coefficient (Wildman–Crippen LogP) is 3.06. The number of nitrogens with one attached hydrogen (secondary N) is 2. The van der Waals surface area contributed by atoms with Gasteiger partial charge in [0.15, 0.2) is 5.82 Å². The number of imidazole rings is 1. The Hall–Kier alpha value is -4.89. The van der Waals surface area contributed by atoms with Crippen molar-refractivity contribution in [2.75, 3.05) is 44.6 Å². The number of nitrogens with zero attached hydrogens (tertiary/aromatic N) is 6. The van der Waals surface area contributed by atoms with Gasteiger partial charge in [0, 0.05) is 63.5 Å². The molecule has 3 N–H and O–H groups in total. The summed E-state index contributed by atoms with van der Waals surface area (Å²) in [6.45, 7) is 3.85. The topological polar surface area (TPSA) is 157 Å². The number of alkyl halides is 3. The number of carboxylic acid groups (broad SMARTS) is 1. The summed E-state index contributed by atoms with van der Waals surface area (Å²) in [7, 11) is 1.42. The Morgan fingerprint density at radius 1 is 0.977 bits per heavy atom. The Morgan fingerprint density at radius 3 is 2.25 bits per heavy atom. The molecule has 0 atom stereocenters. The van der Waals surface area contributed by atoms with Crippen molar-refractivity contribution in [1.82, 2.24) is 34.4 Å². The number of aromatic nitrogens is 4. The zero-order valence-electron chi connectivity index (χ0n) is 24.0. The Morgan fingerprint density at radius 2 is 1.64 bits per heavy atom. The highest BCUT2D eigenvalue weighted by Crippen LogP contribution is 2.35. The van der Waals surface area contributed by atoms with Gasteiger partial charge in [0.25, 0.3) is 11.8 Å². The fourth-order valence-electron chi connectivity index (χ4n) is 5.61. The summed E-state index contributed by atoms with van der Waals surface area (Å²) >= 11 is 0. The summed E-state index contributed by atoms with van der Waals surface area (Å²) in [5, 5.41) is 17.2. The van der Waals surface area contributed by atoms with Gasteiger partial charge in [0.2, 0.25) is 5.91 Å². The molecule has 13 nitrogen and oxygen atoms in total. The molecule has 0 spiro atoms. The van der Waals surface area contributed by atoms with E-state index in [1.54, 1.807) is 34.9 Å². The average Bonchev–Trinajstić information content (AvgIpc) is 3.63. The molecule has 1 aromatic carbocycles. The maximum atomic E-state index is 13.3. The van der Waals surface area contributed by atoms with E-state index >= 15 is 0 Å². The second kappa shape index (κ2) is 12.0. The minimum Gasteiger partial charge on any atom is -0.465 e. The Balaban J connectivity index is 1.18. The molecular weight excluding hydrogens is 585 g/mol. The largest absolute Gasteiger partial charge is 0.465 e. The van der Waals surface area contributed by atoms with Gasteiger partial charge in [-0.15, -0.1) is 0 Å². The number of halogens is 3. The number of hydrogen-bond donors (Lipinski definition) is 3. The van der Waals surface area contributed by atoms with Gasteiger partial charge in [-0.2, -0.15) is 18.3 Å². The number of H-pyrrole nitrogens is 1. The van der Waals surface area contributed by atoms with Crippen molar-refractivity contribution in [3.63, 3.8) is 0 Å². The van der Waals surface area contributed by atoms with Crippen molar-refractivity contribution in [2.45, 2.75) is 25.9 Å². The molecule has 0 aliphatic carbocycles. The molecule has 234 valence electrons. The fourth-order valence-corrected chi connectivity index (χ4v) is 5.61. The standard InChI is InChI=1S/C28H31F3N8O5/c1-16-13-18(34-24(40)23-32-15-21(36(23)2)20-14-33-35-22(20)28(29,30)31)3-4-19(16)26(42)38-11-9-37(10-12-38)25(41)17-5-7-39(8-6-17)27(43)44/h3-4,13-15,17H,5-12H2,1-2H3,(H,33,35)(H,34,40)(H,43,44). The molecule has 2 aliphatic rings. The Kier molecular flexibility index (Phi) is 8.34. The van der Waals surface area contributed by atoms with Gasteiger partial charge in [-0.05, 0) is 43.5 Å². The van der Waals surface area contributed by atoms with E-state index < -0.39 is 23.9 Å². The van der Waals surface area contributed by atoms with Crippen LogP contribution in [0.5, 0.6) is 0 Å². The highest BCUT2D eigenvalue weighted by atomic mass is 19.4. The summed E-state index contributed by atoms with van der Waals surface area (Å²) in [6, 6.07) is 4.77. The third-order valence-corrected chi connectivity index (χ3v) is 8.10. The van der Waals surface area contributed by atoms with Gasteiger partial charge in [-0.1, -0.05) is 0 Å². The van der Waals surface area contributed by atoms with Gasteiger partial charge >= 0.3 is 12.3 Å². The summed E-state index contributed by atoms with van der Waals surface area (Å²) in [5.74, 6) is -1.21. The average molecular weight is 617 g/mol. The van der Waals surface area contributed by atoms with Crippen LogP contribution in [-0.4, -0.2) is 103 Å². The Bertz CT molecular complexity index is 1580. The molecule has 2 fully saturated rings. The van der Waals surface area contributed by atoms with E-state index in [1.165, 1.54) is 16.5 Å². The fraction of sp³-hybridized carbons (Fsp3) is 0.429. The SMILES string of the molecule is Cc1cc(NC(=O)c2ncc(-c3cn[nH]c3C(F)(F)F)n2C)ccc1C(=O)N1CCN(C(=O)C2CCN(C(=O)O)CC2)CC1. The molecule has 0 unspecified atom stereocenters. The molecule has 16 heteroatoms. The Labute approximate surface area is 249 Å². The highest BCUT2D eigenvalue weighted by Gasteiger charge is 2.37. The molecule has 2 aliphatic heterocycles. The first-order chi connectivity index (χ1) is 20.8. The van der Waals surface area contributed by atoms with Crippen molar-refractivity contribution >= 4 is 29.5 Å². The lowest BCUT2D eigenvalue weighted by atomic mass is 9.95. The lowest BCUT2D eigenvalue weighted by Crippen LogP contribution is -2.53. The summed E-state index contributed by atoms with van der Waals surface area (Å²) in [4.78, 5) is 59.0. The van der Waals surface area contributed by atoms with Gasteiger partial charge in [-0.25, -0.2) is 9.78 Å². The molecule has 2 saturated heterocycles. The minimum absolute atomic E-state index is 0.0104. The monoisotopic (exact) mass is 616 g/mol. The van der Waals surface area contributed by atoms with E-state index in [2.05, 4.69) is 15.4 Å². The van der Waals surface area contributed by atoms with Crippen LogP contribution < -0.4 is 5.32 Å². The van der Waals surface area contributed by atoms with Crippen LogP contribution in [0.25, 0.3) is 11.3 Å². The van der Waals surface area contributed by atoms with E-state index in [-0.39, 0.29) is 34.8 Å². The third kappa shape index (κ3) is 6.09. The number of aryl methyl sites for hydroxylation is 1. The first kappa shape index (κ1) is 30.6. The molecule has 2 aromatic heterocycles. The predicted molar refractivity (Wildman–Crippen MR) is 150 cm³/mol. The van der Waals surface area contributed by atoms with E-state index in [9.17, 15) is 32.3 Å². The first-order valence-corrected chi connectivity index (χ1v) is 14.0. The summed E-state index contributed by atoms with van der Waals surface area (Å²) in [6.07, 6.45) is -2.49. The van der Waals surface area contributed by atoms with E-state index in [0.29, 0.717) is 68.9 Å². The van der Waals surface area contributed by atoms with Gasteiger partial charge < -0.3 is 29.7 Å². The maximum Gasteiger partial charge on any atom is 0.433 e. The summed E-state index contributed by atoms with van der Waals surface area (Å²) < 4.78 is 41.2. The first-order valence-electron chi connectivity index (χ1n) is 14.0. The van der Waals surface area contributed by atoms with Gasteiger partial charge in [0.1, 0.15) is 5.69 Å². The van der Waals surface area contributed by atoms with Gasteiger partial charge in [-0.3, -0.25) is 19.5 Å². The molecule has 4 amide bonds. The quantitative estimate of drug-likeness (QED) is 0.398. The van der Waals surface area contributed by atoms with Crippen LogP contribution in [0.4, 0.5) is 23.7 Å². The van der Waals surface area contributed by atoms with Crippen LogP contribution in [0, 0.1) is 12.8 Å². The smallest absolute Gasteiger partial charge is 0.433 e. The number of amides is 4. The number of carbonyl (C=O) groups is 4. The van der Waals surface area contributed by atoms with Crippen molar-refractivity contribution in [3.05, 3.63) is 53.2 Å². The molecule has 3 aromatic rings.